The largest absolute Gasteiger partial charge is 0.455 e. The molecule has 0 bridgehead atoms. The average Bonchev–Trinajstić information content (AvgIpc) is 2.44. The van der Waals surface area contributed by atoms with E-state index >= 15 is 0 Å². The molecule has 0 aliphatic heterocycles. The lowest BCUT2D eigenvalue weighted by Crippen LogP contribution is -2.26. The molecular weight excluding hydrogens is 256 g/mol. The fraction of sp³-hybridized carbons (Fsp3) is 0.500. The van der Waals surface area contributed by atoms with Gasteiger partial charge in [-0.2, -0.15) is 0 Å². The van der Waals surface area contributed by atoms with Crippen molar-refractivity contribution >= 4 is 11.8 Å². The Hall–Kier alpha value is -1.68. The topological polar surface area (TPSA) is 52.6 Å². The van der Waals surface area contributed by atoms with Crippen LogP contribution < -0.4 is 0 Å². The first-order chi connectivity index (χ1) is 9.50. The van der Waals surface area contributed by atoms with Crippen LogP contribution in [-0.4, -0.2) is 31.1 Å². The van der Waals surface area contributed by atoms with Crippen LogP contribution >= 0.6 is 0 Å². The Balaban J connectivity index is 2.30. The van der Waals surface area contributed by atoms with Crippen molar-refractivity contribution in [2.75, 3.05) is 13.2 Å². The summed E-state index contributed by atoms with van der Waals surface area (Å²) in [6, 6.07) is 8.75. The fourth-order valence-electron chi connectivity index (χ4n) is 1.51. The molecule has 4 nitrogen and oxygen atoms in total. The Kier molecular flexibility index (Phi) is 6.94. The highest BCUT2D eigenvalue weighted by Crippen LogP contribution is 2.04. The van der Waals surface area contributed by atoms with Gasteiger partial charge in [0.15, 0.2) is 18.5 Å². The van der Waals surface area contributed by atoms with E-state index in [1.807, 2.05) is 6.07 Å². The van der Waals surface area contributed by atoms with Crippen molar-refractivity contribution in [1.29, 1.82) is 0 Å². The number of esters is 1. The maximum atomic E-state index is 11.8. The van der Waals surface area contributed by atoms with Gasteiger partial charge in [-0.15, -0.1) is 0 Å². The summed E-state index contributed by atoms with van der Waals surface area (Å²) >= 11 is 0. The van der Waals surface area contributed by atoms with Crippen molar-refractivity contribution in [3.63, 3.8) is 0 Å². The molecule has 1 aromatic carbocycles. The lowest BCUT2D eigenvalue weighted by atomic mass is 10.1. The summed E-state index contributed by atoms with van der Waals surface area (Å²) in [5.74, 6) is -0.191. The fourth-order valence-corrected chi connectivity index (χ4v) is 1.51. The molecule has 0 aromatic heterocycles. The second-order valence-electron chi connectivity index (χ2n) is 5.09. The summed E-state index contributed by atoms with van der Waals surface area (Å²) in [6.45, 7) is 6.08. The zero-order chi connectivity index (χ0) is 15.0. The van der Waals surface area contributed by atoms with Gasteiger partial charge in [-0.1, -0.05) is 44.2 Å². The molecule has 4 heteroatoms. The maximum absolute atomic E-state index is 11.8. The van der Waals surface area contributed by atoms with E-state index in [0.717, 1.165) is 6.42 Å². The zero-order valence-electron chi connectivity index (χ0n) is 12.3. The van der Waals surface area contributed by atoms with Gasteiger partial charge in [-0.05, 0) is 19.3 Å². The number of hydrogen-bond donors (Lipinski definition) is 0. The maximum Gasteiger partial charge on any atom is 0.335 e. The molecule has 0 radical (unpaired) electrons. The number of carbonyl (C=O) groups is 2. The third-order valence-electron chi connectivity index (χ3n) is 2.84. The van der Waals surface area contributed by atoms with Crippen molar-refractivity contribution < 1.29 is 19.1 Å². The van der Waals surface area contributed by atoms with Crippen LogP contribution in [-0.2, 0) is 14.3 Å². The predicted octanol–water partition coefficient (Wildman–Crippen LogP) is 2.86. The Morgan fingerprint density at radius 2 is 1.75 bits per heavy atom. The number of ketones is 1. The normalized spacial score (nSPS) is 12.2. The number of benzene rings is 1. The van der Waals surface area contributed by atoms with E-state index in [9.17, 15) is 9.59 Å². The monoisotopic (exact) mass is 278 g/mol. The van der Waals surface area contributed by atoms with Gasteiger partial charge in [-0.25, -0.2) is 4.79 Å². The van der Waals surface area contributed by atoms with E-state index in [1.54, 1.807) is 31.2 Å². The first-order valence-electron chi connectivity index (χ1n) is 6.87. The minimum atomic E-state index is -0.641. The molecule has 0 saturated carbocycles. The molecule has 0 fully saturated rings. The van der Waals surface area contributed by atoms with Gasteiger partial charge in [0.25, 0.3) is 0 Å². The third-order valence-corrected chi connectivity index (χ3v) is 2.84. The summed E-state index contributed by atoms with van der Waals surface area (Å²) in [5, 5.41) is 0. The van der Waals surface area contributed by atoms with E-state index in [1.165, 1.54) is 0 Å². The van der Waals surface area contributed by atoms with Crippen molar-refractivity contribution in [2.24, 2.45) is 5.92 Å². The van der Waals surface area contributed by atoms with Crippen LogP contribution in [0.2, 0.25) is 0 Å². The van der Waals surface area contributed by atoms with E-state index in [-0.39, 0.29) is 12.4 Å². The molecule has 0 N–H and O–H groups in total. The summed E-state index contributed by atoms with van der Waals surface area (Å²) in [6.07, 6.45) is 0.248. The van der Waals surface area contributed by atoms with Crippen LogP contribution in [0.15, 0.2) is 30.3 Å². The number of rotatable bonds is 8. The standard InChI is InChI=1S/C16H22O4/c1-12(2)9-10-19-13(3)16(18)20-11-15(17)14-7-5-4-6-8-14/h4-8,12-13H,9-11H2,1-3H3. The summed E-state index contributed by atoms with van der Waals surface area (Å²) in [7, 11) is 0. The molecule has 0 heterocycles. The molecule has 1 rings (SSSR count). The quantitative estimate of drug-likeness (QED) is 0.542. The van der Waals surface area contributed by atoms with Gasteiger partial charge in [0.05, 0.1) is 0 Å². The molecule has 110 valence electrons. The van der Waals surface area contributed by atoms with Gasteiger partial charge in [0, 0.05) is 12.2 Å². The van der Waals surface area contributed by atoms with Crippen LogP contribution in [0.4, 0.5) is 0 Å². The van der Waals surface area contributed by atoms with Crippen LogP contribution in [0.1, 0.15) is 37.6 Å². The minimum absolute atomic E-state index is 0.215. The van der Waals surface area contributed by atoms with Crippen LogP contribution in [0.25, 0.3) is 0 Å². The second kappa shape index (κ2) is 8.48. The summed E-state index contributed by atoms with van der Waals surface area (Å²) < 4.78 is 10.3. The number of Topliss-reactive ketones (excluding diaryl/α,β-unsaturated/α-hetero) is 1. The molecule has 20 heavy (non-hydrogen) atoms. The Morgan fingerprint density at radius 3 is 2.35 bits per heavy atom. The van der Waals surface area contributed by atoms with E-state index in [2.05, 4.69) is 13.8 Å². The molecular formula is C16H22O4. The van der Waals surface area contributed by atoms with Gasteiger partial charge >= 0.3 is 5.97 Å². The molecule has 0 saturated heterocycles. The Bertz CT molecular complexity index is 425. The Morgan fingerprint density at radius 1 is 1.10 bits per heavy atom. The van der Waals surface area contributed by atoms with Crippen molar-refractivity contribution in [2.45, 2.75) is 33.3 Å². The molecule has 0 amide bonds. The lowest BCUT2D eigenvalue weighted by Gasteiger charge is -2.13. The smallest absolute Gasteiger partial charge is 0.335 e. The van der Waals surface area contributed by atoms with Crippen molar-refractivity contribution in [3.8, 4) is 0 Å². The van der Waals surface area contributed by atoms with Gasteiger partial charge in [0.2, 0.25) is 0 Å². The zero-order valence-corrected chi connectivity index (χ0v) is 12.3. The van der Waals surface area contributed by atoms with Gasteiger partial charge in [0.1, 0.15) is 0 Å². The SMILES string of the molecule is CC(C)CCOC(C)C(=O)OCC(=O)c1ccccc1. The first-order valence-corrected chi connectivity index (χ1v) is 6.87. The van der Waals surface area contributed by atoms with Gasteiger partial charge in [-0.3, -0.25) is 4.79 Å². The van der Waals surface area contributed by atoms with E-state index < -0.39 is 12.1 Å². The van der Waals surface area contributed by atoms with E-state index in [4.69, 9.17) is 9.47 Å². The molecule has 1 unspecified atom stereocenters. The summed E-state index contributed by atoms with van der Waals surface area (Å²) in [4.78, 5) is 23.4. The second-order valence-corrected chi connectivity index (χ2v) is 5.09. The predicted molar refractivity (Wildman–Crippen MR) is 76.6 cm³/mol. The number of ether oxygens (including phenoxy) is 2. The molecule has 1 aromatic rings. The van der Waals surface area contributed by atoms with Crippen LogP contribution in [0.3, 0.4) is 0 Å². The third kappa shape index (κ3) is 5.97. The minimum Gasteiger partial charge on any atom is -0.455 e. The van der Waals surface area contributed by atoms with Crippen LogP contribution in [0, 0.1) is 5.92 Å². The molecule has 0 spiro atoms. The highest BCUT2D eigenvalue weighted by Gasteiger charge is 2.17. The van der Waals surface area contributed by atoms with Crippen LogP contribution in [0.5, 0.6) is 0 Å². The summed E-state index contributed by atoms with van der Waals surface area (Å²) in [5.41, 5.74) is 0.536. The first kappa shape index (κ1) is 16.4. The van der Waals surface area contributed by atoms with Gasteiger partial charge < -0.3 is 9.47 Å². The molecule has 0 aliphatic rings. The van der Waals surface area contributed by atoms with Crippen molar-refractivity contribution in [3.05, 3.63) is 35.9 Å². The molecule has 0 aliphatic carbocycles. The number of hydrogen-bond acceptors (Lipinski definition) is 4. The Labute approximate surface area is 120 Å². The highest BCUT2D eigenvalue weighted by molar-refractivity contribution is 5.98. The molecule has 1 atom stereocenters. The average molecular weight is 278 g/mol. The van der Waals surface area contributed by atoms with Crippen molar-refractivity contribution in [1.82, 2.24) is 0 Å². The van der Waals surface area contributed by atoms with E-state index in [0.29, 0.717) is 18.1 Å². The number of carbonyl (C=O) groups excluding carboxylic acids is 2. The highest BCUT2D eigenvalue weighted by atomic mass is 16.6. The lowest BCUT2D eigenvalue weighted by molar-refractivity contribution is -0.155.